The summed E-state index contributed by atoms with van der Waals surface area (Å²) in [4.78, 5) is 5.56. The number of fused-ring (bicyclic) bond motifs is 6. The van der Waals surface area contributed by atoms with E-state index in [0.29, 0.717) is 0 Å². The van der Waals surface area contributed by atoms with Crippen LogP contribution in [-0.4, -0.2) is 14.1 Å². The van der Waals surface area contributed by atoms with E-state index >= 15 is 0 Å². The predicted molar refractivity (Wildman–Crippen MR) is 312 cm³/mol. The molecule has 0 unspecified atom stereocenters. The fourth-order valence-corrected chi connectivity index (χ4v) is 11.3. The number of hydrogen-bond acceptors (Lipinski definition) is 1. The second-order valence-corrected chi connectivity index (χ2v) is 19.4. The van der Waals surface area contributed by atoms with Gasteiger partial charge in [-0.1, -0.05) is 188 Å². The molecule has 0 N–H and O–H groups in total. The Labute approximate surface area is 430 Å². The van der Waals surface area contributed by atoms with Crippen molar-refractivity contribution in [2.75, 3.05) is 0 Å². The third-order valence-electron chi connectivity index (χ3n) is 14.9. The second kappa shape index (κ2) is 18.2. The summed E-state index contributed by atoms with van der Waals surface area (Å²) < 4.78 is 4.85. The van der Waals surface area contributed by atoms with E-state index in [0.717, 1.165) is 68.9 Å². The summed E-state index contributed by atoms with van der Waals surface area (Å²) in [6, 6.07) is 92.8. The first kappa shape index (κ1) is 43.2. The van der Waals surface area contributed by atoms with Gasteiger partial charge in [0.1, 0.15) is 0 Å². The first-order valence-corrected chi connectivity index (χ1v) is 25.7. The highest BCUT2D eigenvalue weighted by Crippen LogP contribution is 2.41. The molecule has 0 aliphatic heterocycles. The van der Waals surface area contributed by atoms with Crippen LogP contribution in [0.5, 0.6) is 0 Å². The summed E-state index contributed by atoms with van der Waals surface area (Å²) >= 11 is 0. The summed E-state index contributed by atoms with van der Waals surface area (Å²) in [5, 5.41) is 4.91. The van der Waals surface area contributed by atoms with E-state index in [1.807, 2.05) is 0 Å². The van der Waals surface area contributed by atoms with Crippen molar-refractivity contribution in [2.24, 2.45) is 0 Å². The Morgan fingerprint density at radius 2 is 0.635 bits per heavy atom. The van der Waals surface area contributed by atoms with Gasteiger partial charge >= 0.3 is 0 Å². The van der Waals surface area contributed by atoms with E-state index in [2.05, 4.69) is 282 Å². The Morgan fingerprint density at radius 3 is 1.03 bits per heavy atom. The maximum absolute atomic E-state index is 5.56. The second-order valence-electron chi connectivity index (χ2n) is 19.4. The molecule has 74 heavy (non-hydrogen) atoms. The number of hydrogen-bond donors (Lipinski definition) is 0. The largest absolute Gasteiger partial charge is 0.309 e. The lowest BCUT2D eigenvalue weighted by Gasteiger charge is -2.14. The van der Waals surface area contributed by atoms with Crippen molar-refractivity contribution in [1.29, 1.82) is 0 Å². The van der Waals surface area contributed by atoms with Crippen molar-refractivity contribution >= 4 is 49.2 Å². The van der Waals surface area contributed by atoms with Gasteiger partial charge in [0.2, 0.25) is 0 Å². The summed E-state index contributed by atoms with van der Waals surface area (Å²) in [5.41, 5.74) is 22.8. The molecule has 3 heterocycles. The topological polar surface area (TPSA) is 22.8 Å². The van der Waals surface area contributed by atoms with Gasteiger partial charge in [-0.05, 0) is 153 Å². The zero-order valence-electron chi connectivity index (χ0n) is 40.7. The fourth-order valence-electron chi connectivity index (χ4n) is 11.3. The highest BCUT2D eigenvalue weighted by molar-refractivity contribution is 6.13. The van der Waals surface area contributed by atoms with Crippen molar-refractivity contribution in [3.05, 3.63) is 279 Å². The van der Waals surface area contributed by atoms with Crippen molar-refractivity contribution in [3.63, 3.8) is 0 Å². The minimum atomic E-state index is 0.913. The van der Waals surface area contributed by atoms with Crippen molar-refractivity contribution < 1.29 is 0 Å². The number of pyridine rings is 1. The van der Waals surface area contributed by atoms with Crippen LogP contribution in [0, 0.1) is 0 Å². The van der Waals surface area contributed by atoms with Crippen LogP contribution in [-0.2, 0) is 0 Å². The molecule has 0 atom stereocenters. The molecule has 348 valence electrons. The highest BCUT2D eigenvalue weighted by Gasteiger charge is 2.19. The molecule has 3 nitrogen and oxygen atoms in total. The minimum Gasteiger partial charge on any atom is -0.309 e. The average molecular weight is 944 g/mol. The normalized spacial score (nSPS) is 12.5. The van der Waals surface area contributed by atoms with Crippen LogP contribution >= 0.6 is 0 Å². The molecule has 3 heteroatoms. The lowest BCUT2D eigenvalue weighted by Crippen LogP contribution is -1.97. The monoisotopic (exact) mass is 943 g/mol. The Bertz CT molecular complexity index is 4230. The quantitative estimate of drug-likeness (QED) is 0.141. The van der Waals surface area contributed by atoms with Gasteiger partial charge in [0.25, 0.3) is 0 Å². The van der Waals surface area contributed by atoms with E-state index < -0.39 is 0 Å². The lowest BCUT2D eigenvalue weighted by atomic mass is 9.97. The molecular weight excluding hydrogens is 895 g/mol. The van der Waals surface area contributed by atoms with Crippen molar-refractivity contribution in [3.8, 4) is 78.4 Å². The number of benzene rings is 10. The van der Waals surface area contributed by atoms with Gasteiger partial charge in [-0.3, -0.25) is 0 Å². The van der Waals surface area contributed by atoms with Gasteiger partial charge in [0, 0.05) is 44.0 Å². The molecule has 0 spiro atoms. The number of aromatic nitrogens is 3. The van der Waals surface area contributed by atoms with Gasteiger partial charge in [-0.2, -0.15) is 0 Å². The third-order valence-corrected chi connectivity index (χ3v) is 14.9. The average Bonchev–Trinajstić information content (AvgIpc) is 3.99. The molecule has 0 radical (unpaired) electrons. The molecule has 13 aromatic rings. The van der Waals surface area contributed by atoms with E-state index in [4.69, 9.17) is 4.98 Å². The highest BCUT2D eigenvalue weighted by atomic mass is 15.0. The maximum Gasteiger partial charge on any atom is 0.0716 e. The summed E-state index contributed by atoms with van der Waals surface area (Å²) in [6.07, 6.45) is 9.09. The zero-order chi connectivity index (χ0) is 49.0. The van der Waals surface area contributed by atoms with Gasteiger partial charge in [-0.15, -0.1) is 0 Å². The molecule has 1 aliphatic carbocycles. The molecule has 0 saturated carbocycles. The number of nitrogens with zero attached hydrogens (tertiary/aromatic N) is 3. The molecule has 1 aliphatic rings. The van der Waals surface area contributed by atoms with Gasteiger partial charge in [0.05, 0.1) is 33.5 Å². The maximum atomic E-state index is 5.56. The van der Waals surface area contributed by atoms with Gasteiger partial charge in [0.15, 0.2) is 0 Å². The van der Waals surface area contributed by atoms with E-state index in [1.165, 1.54) is 77.1 Å². The Kier molecular flexibility index (Phi) is 10.7. The first-order chi connectivity index (χ1) is 36.7. The first-order valence-electron chi connectivity index (χ1n) is 25.7. The molecule has 0 fully saturated rings. The summed E-state index contributed by atoms with van der Waals surface area (Å²) in [7, 11) is 0. The molecule has 10 aromatic carbocycles. The van der Waals surface area contributed by atoms with Crippen LogP contribution in [0.3, 0.4) is 0 Å². The Morgan fingerprint density at radius 1 is 0.270 bits per heavy atom. The number of rotatable bonds is 9. The van der Waals surface area contributed by atoms with Crippen LogP contribution < -0.4 is 0 Å². The molecule has 0 saturated heterocycles. The number of allylic oxidation sites excluding steroid dienone is 4. The van der Waals surface area contributed by atoms with E-state index in [-0.39, 0.29) is 0 Å². The lowest BCUT2D eigenvalue weighted by molar-refractivity contribution is 1.04. The molecule has 14 rings (SSSR count). The Hall–Kier alpha value is -9.57. The van der Waals surface area contributed by atoms with Crippen molar-refractivity contribution in [2.45, 2.75) is 12.8 Å². The standard InChI is InChI=1S/C71H49N3/c1-6-18-48(19-7-1)53-32-36-68-62(42-53)63-43-54(49-20-8-2-9-21-49)33-37-69(63)73(68)60-30-16-28-57(40-60)66-46-59(52-26-14-5-15-27-52)47-67(72-66)58-29-17-31-61(41-58)74-70-38-34-55(50-22-10-3-11-23-50)44-64(70)65-45-56(35-39-71(65)74)51-24-12-4-13-25-51/h1-3,5-12,14-47H,4,13H2. The Balaban J connectivity index is 0.914. The van der Waals surface area contributed by atoms with Crippen LogP contribution in [0.25, 0.3) is 128 Å². The van der Waals surface area contributed by atoms with Crippen LogP contribution in [0.2, 0.25) is 0 Å². The molecule has 0 amide bonds. The van der Waals surface area contributed by atoms with Crippen LogP contribution in [0.15, 0.2) is 273 Å². The molecule has 0 bridgehead atoms. The SMILES string of the molecule is C1=CC(c2ccc3c(c2)c2cc(-c4ccccc4)ccc2n3-c2cccc(-c3cc(-c4ccccc4)cc(-c4cccc(-n5c6ccc(-c7ccccc7)cc6c6cc(-c7ccccc7)ccc65)c4)n3)c2)=CCC1. The fraction of sp³-hybridized carbons (Fsp3) is 0.0282. The third kappa shape index (κ3) is 7.74. The van der Waals surface area contributed by atoms with Gasteiger partial charge < -0.3 is 9.13 Å². The van der Waals surface area contributed by atoms with E-state index in [9.17, 15) is 0 Å². The van der Waals surface area contributed by atoms with Crippen LogP contribution in [0.4, 0.5) is 0 Å². The summed E-state index contributed by atoms with van der Waals surface area (Å²) in [6.45, 7) is 0. The van der Waals surface area contributed by atoms with Crippen molar-refractivity contribution in [1.82, 2.24) is 14.1 Å². The molecular formula is C71H49N3. The predicted octanol–water partition coefficient (Wildman–Crippen LogP) is 19.0. The van der Waals surface area contributed by atoms with Gasteiger partial charge in [-0.25, -0.2) is 4.98 Å². The van der Waals surface area contributed by atoms with E-state index in [1.54, 1.807) is 0 Å². The zero-order valence-corrected chi connectivity index (χ0v) is 40.7. The van der Waals surface area contributed by atoms with Crippen LogP contribution in [0.1, 0.15) is 18.4 Å². The smallest absolute Gasteiger partial charge is 0.0716 e. The summed E-state index contributed by atoms with van der Waals surface area (Å²) in [5.74, 6) is 0. The minimum absolute atomic E-state index is 0.913. The molecule has 3 aromatic heterocycles.